The van der Waals surface area contributed by atoms with Gasteiger partial charge in [-0.1, -0.05) is 35.4 Å². The number of rotatable bonds is 3. The Morgan fingerprint density at radius 1 is 0.895 bits per heavy atom. The van der Waals surface area contributed by atoms with E-state index in [4.69, 9.17) is 4.98 Å². The van der Waals surface area contributed by atoms with Crippen LogP contribution in [0.1, 0.15) is 67.6 Å². The average Bonchev–Trinajstić information content (AvgIpc) is 3.38. The van der Waals surface area contributed by atoms with Gasteiger partial charge in [0, 0.05) is 54.9 Å². The zero-order valence-electron chi connectivity index (χ0n) is 21.7. The van der Waals surface area contributed by atoms with Gasteiger partial charge in [0.15, 0.2) is 5.65 Å². The number of nitrogens with one attached hydrogen (secondary N) is 1. The van der Waals surface area contributed by atoms with E-state index in [-0.39, 0.29) is 29.8 Å². The van der Waals surface area contributed by atoms with Gasteiger partial charge >= 0.3 is 0 Å². The van der Waals surface area contributed by atoms with Crippen molar-refractivity contribution in [2.24, 2.45) is 0 Å². The van der Waals surface area contributed by atoms with Gasteiger partial charge in [-0.25, -0.2) is 9.50 Å². The first-order valence-electron chi connectivity index (χ1n) is 13.2. The molecule has 194 valence electrons. The number of carbonyl (C=O) groups excluding carboxylic acids is 2. The number of amides is 2. The molecule has 2 amide bonds. The van der Waals surface area contributed by atoms with Crippen LogP contribution < -0.4 is 5.56 Å². The predicted octanol–water partition coefficient (Wildman–Crippen LogP) is 3.86. The molecule has 1 fully saturated rings. The summed E-state index contributed by atoms with van der Waals surface area (Å²) in [6.45, 7) is 6.08. The smallest absolute Gasteiger partial charge is 0.277 e. The molecule has 0 bridgehead atoms. The minimum Gasteiger partial charge on any atom is -0.338 e. The number of hydrogen-bond acceptors (Lipinski definition) is 4. The maximum absolute atomic E-state index is 13.5. The highest BCUT2D eigenvalue weighted by Gasteiger charge is 2.29. The summed E-state index contributed by atoms with van der Waals surface area (Å²) in [6, 6.07) is 17.1. The molecule has 8 nitrogen and oxygen atoms in total. The molecule has 0 unspecified atom stereocenters. The van der Waals surface area contributed by atoms with Crippen LogP contribution in [0.3, 0.4) is 0 Å². The van der Waals surface area contributed by atoms with Crippen molar-refractivity contribution in [2.45, 2.75) is 45.6 Å². The number of aromatic amines is 1. The lowest BCUT2D eigenvalue weighted by atomic mass is 9.94. The first kappa shape index (κ1) is 24.2. The highest BCUT2D eigenvalue weighted by molar-refractivity contribution is 5.95. The van der Waals surface area contributed by atoms with E-state index in [1.807, 2.05) is 73.3 Å². The molecule has 1 N–H and O–H groups in total. The molecule has 2 aromatic heterocycles. The molecule has 0 saturated carbocycles. The van der Waals surface area contributed by atoms with Crippen molar-refractivity contribution in [3.05, 3.63) is 104 Å². The van der Waals surface area contributed by atoms with Gasteiger partial charge in [-0.3, -0.25) is 19.5 Å². The number of aryl methyl sites for hydroxylation is 2. The van der Waals surface area contributed by atoms with Crippen LogP contribution in [0.25, 0.3) is 5.65 Å². The van der Waals surface area contributed by atoms with E-state index in [2.05, 4.69) is 5.10 Å². The maximum Gasteiger partial charge on any atom is 0.277 e. The first-order chi connectivity index (χ1) is 18.4. The number of benzene rings is 2. The molecule has 1 atom stereocenters. The predicted molar refractivity (Wildman–Crippen MR) is 144 cm³/mol. The molecule has 38 heavy (non-hydrogen) atoms. The molecule has 0 radical (unpaired) electrons. The van der Waals surface area contributed by atoms with Crippen LogP contribution in [0.5, 0.6) is 0 Å². The number of nitrogens with zero attached hydrogens (tertiary/aromatic N) is 4. The van der Waals surface area contributed by atoms with Crippen molar-refractivity contribution in [1.82, 2.24) is 24.4 Å². The Kier molecular flexibility index (Phi) is 6.10. The van der Waals surface area contributed by atoms with E-state index in [1.54, 1.807) is 4.90 Å². The summed E-state index contributed by atoms with van der Waals surface area (Å²) >= 11 is 0. The minimum atomic E-state index is -0.166. The van der Waals surface area contributed by atoms with E-state index in [9.17, 15) is 14.4 Å². The van der Waals surface area contributed by atoms with Gasteiger partial charge in [0.25, 0.3) is 17.4 Å². The van der Waals surface area contributed by atoms with Crippen LogP contribution in [0.4, 0.5) is 0 Å². The highest BCUT2D eigenvalue weighted by atomic mass is 16.2. The van der Waals surface area contributed by atoms with Gasteiger partial charge in [0.2, 0.25) is 0 Å². The fraction of sp³-hybridized carbons (Fsp3) is 0.333. The number of piperidine rings is 1. The zero-order valence-corrected chi connectivity index (χ0v) is 21.7. The number of H-pyrrole nitrogens is 1. The lowest BCUT2D eigenvalue weighted by Crippen LogP contribution is -2.40. The Labute approximate surface area is 220 Å². The molecule has 4 heterocycles. The Balaban J connectivity index is 1.24. The normalized spacial score (nSPS) is 17.5. The van der Waals surface area contributed by atoms with Gasteiger partial charge in [-0.05, 0) is 51.0 Å². The summed E-state index contributed by atoms with van der Waals surface area (Å²) in [4.78, 5) is 48.1. The van der Waals surface area contributed by atoms with Crippen LogP contribution in [-0.2, 0) is 13.0 Å². The monoisotopic (exact) mass is 509 g/mol. The molecular formula is C30H31N5O3. The molecule has 8 heteroatoms. The second kappa shape index (κ2) is 9.59. The standard InChI is InChI=1S/C30H31N5O3/c1-19-5-9-21(10-6-19)28(36)33-14-3-4-23(17-33)26-16-27-31-25-13-15-34(18-24(25)30(38)35(27)32-26)29(37)22-11-7-20(2)8-12-22/h5-12,16,23,32H,3-4,13-15,17-18H2,1-2H3/t23-/m0/s1. The van der Waals surface area contributed by atoms with Crippen LogP contribution in [0.15, 0.2) is 59.4 Å². The van der Waals surface area contributed by atoms with E-state index >= 15 is 0 Å². The number of carbonyl (C=O) groups is 2. The number of hydrogen-bond donors (Lipinski definition) is 1. The third-order valence-electron chi connectivity index (χ3n) is 7.81. The molecule has 2 aromatic carbocycles. The van der Waals surface area contributed by atoms with E-state index < -0.39 is 0 Å². The molecule has 4 aromatic rings. The lowest BCUT2D eigenvalue weighted by Gasteiger charge is -2.32. The number of fused-ring (bicyclic) bond motifs is 2. The van der Waals surface area contributed by atoms with Gasteiger partial charge in [-0.15, -0.1) is 0 Å². The van der Waals surface area contributed by atoms with Gasteiger partial charge < -0.3 is 9.80 Å². The molecule has 2 aliphatic heterocycles. The highest BCUT2D eigenvalue weighted by Crippen LogP contribution is 2.28. The fourth-order valence-electron chi connectivity index (χ4n) is 5.56. The van der Waals surface area contributed by atoms with Crippen LogP contribution in [-0.4, -0.2) is 55.8 Å². The van der Waals surface area contributed by atoms with Crippen LogP contribution in [0, 0.1) is 13.8 Å². The van der Waals surface area contributed by atoms with Gasteiger partial charge in [0.05, 0.1) is 17.8 Å². The lowest BCUT2D eigenvalue weighted by molar-refractivity contribution is 0.0703. The summed E-state index contributed by atoms with van der Waals surface area (Å²) in [7, 11) is 0. The van der Waals surface area contributed by atoms with E-state index in [0.29, 0.717) is 41.8 Å². The molecule has 1 saturated heterocycles. The minimum absolute atomic E-state index is 0.0369. The average molecular weight is 510 g/mol. The van der Waals surface area contributed by atoms with Crippen LogP contribution >= 0.6 is 0 Å². The maximum atomic E-state index is 13.5. The molecule has 2 aliphatic rings. The topological polar surface area (TPSA) is 90.8 Å². The molecule has 0 aliphatic carbocycles. The van der Waals surface area contributed by atoms with Crippen molar-refractivity contribution in [3.63, 3.8) is 0 Å². The SMILES string of the molecule is Cc1ccc(C(=O)N2CCc3nc4cc([C@H]5CCCN(C(=O)c6ccc(C)cc6)C5)[nH]n4c(=O)c3C2)cc1. The second-order valence-corrected chi connectivity index (χ2v) is 10.5. The van der Waals surface area contributed by atoms with Crippen molar-refractivity contribution in [2.75, 3.05) is 19.6 Å². The van der Waals surface area contributed by atoms with Crippen molar-refractivity contribution in [3.8, 4) is 0 Å². The summed E-state index contributed by atoms with van der Waals surface area (Å²) in [5, 5.41) is 3.27. The molecular weight excluding hydrogens is 478 g/mol. The first-order valence-corrected chi connectivity index (χ1v) is 13.2. The van der Waals surface area contributed by atoms with Crippen molar-refractivity contribution < 1.29 is 9.59 Å². The number of likely N-dealkylation sites (tertiary alicyclic amines) is 1. The Bertz CT molecular complexity index is 1580. The van der Waals surface area contributed by atoms with Crippen molar-refractivity contribution >= 4 is 17.5 Å². The molecule has 0 spiro atoms. The van der Waals surface area contributed by atoms with E-state index in [0.717, 1.165) is 41.9 Å². The van der Waals surface area contributed by atoms with Gasteiger partial charge in [0.1, 0.15) is 0 Å². The number of aromatic nitrogens is 3. The summed E-state index contributed by atoms with van der Waals surface area (Å²) in [5.41, 5.74) is 6.19. The Morgan fingerprint density at radius 2 is 1.53 bits per heavy atom. The molecule has 6 rings (SSSR count). The third kappa shape index (κ3) is 4.40. The summed E-state index contributed by atoms with van der Waals surface area (Å²) < 4.78 is 1.49. The largest absolute Gasteiger partial charge is 0.338 e. The summed E-state index contributed by atoms with van der Waals surface area (Å²) in [5.74, 6) is 0.0543. The second-order valence-electron chi connectivity index (χ2n) is 10.5. The third-order valence-corrected chi connectivity index (χ3v) is 7.81. The summed E-state index contributed by atoms with van der Waals surface area (Å²) in [6.07, 6.45) is 2.37. The Morgan fingerprint density at radius 3 is 2.18 bits per heavy atom. The zero-order chi connectivity index (χ0) is 26.4. The van der Waals surface area contributed by atoms with E-state index in [1.165, 1.54) is 4.52 Å². The fourth-order valence-corrected chi connectivity index (χ4v) is 5.56. The van der Waals surface area contributed by atoms with Crippen LogP contribution in [0.2, 0.25) is 0 Å². The Hall–Kier alpha value is -4.20. The van der Waals surface area contributed by atoms with Gasteiger partial charge in [-0.2, -0.15) is 0 Å². The van der Waals surface area contributed by atoms with Crippen molar-refractivity contribution in [1.29, 1.82) is 0 Å². The quantitative estimate of drug-likeness (QED) is 0.454.